The van der Waals surface area contributed by atoms with E-state index in [1.54, 1.807) is 18.2 Å². The number of benzene rings is 3. The van der Waals surface area contributed by atoms with E-state index in [1.165, 1.54) is 18.2 Å². The quantitative estimate of drug-likeness (QED) is 0.0264. The minimum Gasteiger partial charge on any atom is -0.507 e. The lowest BCUT2D eigenvalue weighted by atomic mass is 10.1. The molecule has 1 heterocycles. The van der Waals surface area contributed by atoms with Crippen LogP contribution in [0.4, 0.5) is 5.69 Å². The number of aromatic nitrogens is 1. The standard InChI is InChI=1S/C42H62N6O11/c43-11-1-17-53-21-25-57-27-23-55-19-3-13-45-40(51)9-15-48(16-10-41(52)46-14-4-20-56-24-28-58-26-22-54-18-2-12-44)32-5-8-36-38(29-32)59-39-31-37(50)34-7-6-33(49)30-35(34)42(39)47-36/h5-8,29-31,50H,1-4,9-28,43-44H2,(H,45,51)(H,46,52). The zero-order valence-corrected chi connectivity index (χ0v) is 34.1. The molecule has 0 spiro atoms. The predicted octanol–water partition coefficient (Wildman–Crippen LogP) is 2.60. The molecule has 4 aromatic rings. The summed E-state index contributed by atoms with van der Waals surface area (Å²) in [6, 6.07) is 11.3. The number of nitrogens with zero attached hydrogens (tertiary/aromatic N) is 2. The van der Waals surface area contributed by atoms with Crippen molar-refractivity contribution < 1.29 is 47.5 Å². The average molecular weight is 827 g/mol. The predicted molar refractivity (Wildman–Crippen MR) is 226 cm³/mol. The zero-order chi connectivity index (χ0) is 41.9. The summed E-state index contributed by atoms with van der Waals surface area (Å²) in [4.78, 5) is 44.7. The Kier molecular flexibility index (Phi) is 22.5. The summed E-state index contributed by atoms with van der Waals surface area (Å²) in [7, 11) is 0. The Morgan fingerprint density at radius 2 is 1.14 bits per heavy atom. The molecule has 3 aromatic carbocycles. The van der Waals surface area contributed by atoms with Gasteiger partial charge in [-0.05, 0) is 69.1 Å². The van der Waals surface area contributed by atoms with Gasteiger partial charge in [0.1, 0.15) is 16.8 Å². The van der Waals surface area contributed by atoms with Gasteiger partial charge in [-0.2, -0.15) is 0 Å². The Balaban J connectivity index is 1.25. The highest BCUT2D eigenvalue weighted by Gasteiger charge is 2.16. The molecule has 0 aliphatic carbocycles. The van der Waals surface area contributed by atoms with Crippen molar-refractivity contribution in [2.75, 3.05) is 123 Å². The van der Waals surface area contributed by atoms with Crippen LogP contribution < -0.4 is 32.4 Å². The topological polar surface area (TPSA) is 232 Å². The highest BCUT2D eigenvalue weighted by atomic mass is 16.5. The van der Waals surface area contributed by atoms with Gasteiger partial charge in [-0.15, -0.1) is 0 Å². The van der Waals surface area contributed by atoms with Crippen LogP contribution in [0.3, 0.4) is 0 Å². The lowest BCUT2D eigenvalue weighted by molar-refractivity contribution is -0.121. The van der Waals surface area contributed by atoms with E-state index in [0.29, 0.717) is 164 Å². The van der Waals surface area contributed by atoms with Crippen molar-refractivity contribution in [3.8, 4) is 5.75 Å². The molecule has 0 aliphatic rings. The van der Waals surface area contributed by atoms with Gasteiger partial charge in [0.05, 0.1) is 52.9 Å². The van der Waals surface area contributed by atoms with E-state index in [2.05, 4.69) is 10.6 Å². The number of nitrogens with two attached hydrogens (primary N) is 2. The smallest absolute Gasteiger partial charge is 0.221 e. The zero-order valence-electron chi connectivity index (χ0n) is 34.1. The summed E-state index contributed by atoms with van der Waals surface area (Å²) < 4.78 is 39.2. The van der Waals surface area contributed by atoms with Crippen molar-refractivity contribution in [3.05, 3.63) is 52.7 Å². The van der Waals surface area contributed by atoms with E-state index >= 15 is 0 Å². The first-order chi connectivity index (χ1) is 28.9. The van der Waals surface area contributed by atoms with Gasteiger partial charge in [-0.25, -0.2) is 4.98 Å². The lowest BCUT2D eigenvalue weighted by Crippen LogP contribution is -2.35. The number of aromatic hydroxyl groups is 1. The van der Waals surface area contributed by atoms with Gasteiger partial charge >= 0.3 is 0 Å². The minimum atomic E-state index is -0.206. The fourth-order valence-electron chi connectivity index (χ4n) is 5.93. The van der Waals surface area contributed by atoms with Crippen molar-refractivity contribution in [1.29, 1.82) is 0 Å². The number of phenolic OH excluding ortho intramolecular Hbond substituents is 1. The third-order valence-corrected chi connectivity index (χ3v) is 9.05. The summed E-state index contributed by atoms with van der Waals surface area (Å²) in [6.45, 7) is 8.94. The summed E-state index contributed by atoms with van der Waals surface area (Å²) >= 11 is 0. The molecule has 0 unspecified atom stereocenters. The van der Waals surface area contributed by atoms with Crippen molar-refractivity contribution in [1.82, 2.24) is 15.6 Å². The Bertz CT molecular complexity index is 1850. The molecule has 0 atom stereocenters. The van der Waals surface area contributed by atoms with Gasteiger partial charge in [0, 0.05) is 94.0 Å². The van der Waals surface area contributed by atoms with Crippen LogP contribution in [0, 0.1) is 0 Å². The number of hydrogen-bond acceptors (Lipinski definition) is 15. The maximum atomic E-state index is 12.9. The van der Waals surface area contributed by atoms with Gasteiger partial charge in [0.2, 0.25) is 11.8 Å². The molecule has 0 aliphatic heterocycles. The molecule has 0 saturated carbocycles. The van der Waals surface area contributed by atoms with Crippen LogP contribution in [-0.4, -0.2) is 140 Å². The Hall–Kier alpha value is -4.46. The molecule has 0 fully saturated rings. The summed E-state index contributed by atoms with van der Waals surface area (Å²) in [5, 5.41) is 17.5. The lowest BCUT2D eigenvalue weighted by Gasteiger charge is -2.25. The molecule has 0 bridgehead atoms. The second kappa shape index (κ2) is 28.1. The van der Waals surface area contributed by atoms with Gasteiger partial charge in [0.15, 0.2) is 16.6 Å². The Morgan fingerprint density at radius 1 is 0.627 bits per heavy atom. The van der Waals surface area contributed by atoms with Crippen molar-refractivity contribution in [2.24, 2.45) is 11.5 Å². The summed E-state index contributed by atoms with van der Waals surface area (Å²) in [6.07, 6.45) is 3.33. The van der Waals surface area contributed by atoms with Crippen LogP contribution in [0.2, 0.25) is 0 Å². The number of carbonyl (C=O) groups excluding carboxylic acids is 2. The highest BCUT2D eigenvalue weighted by Crippen LogP contribution is 2.33. The van der Waals surface area contributed by atoms with E-state index < -0.39 is 0 Å². The fourth-order valence-corrected chi connectivity index (χ4v) is 5.93. The minimum absolute atomic E-state index is 0.0277. The van der Waals surface area contributed by atoms with Crippen molar-refractivity contribution >= 4 is 50.5 Å². The number of anilines is 1. The van der Waals surface area contributed by atoms with Crippen LogP contribution in [0.25, 0.3) is 33.0 Å². The van der Waals surface area contributed by atoms with Crippen LogP contribution in [0.1, 0.15) is 38.5 Å². The third kappa shape index (κ3) is 17.7. The molecule has 7 N–H and O–H groups in total. The number of nitrogens with one attached hydrogen (secondary N) is 2. The van der Waals surface area contributed by atoms with Crippen LogP contribution in [-0.2, 0) is 38.0 Å². The maximum absolute atomic E-state index is 12.9. The van der Waals surface area contributed by atoms with Gasteiger partial charge in [-0.1, -0.05) is 0 Å². The third-order valence-electron chi connectivity index (χ3n) is 9.05. The van der Waals surface area contributed by atoms with Gasteiger partial charge in [0.25, 0.3) is 0 Å². The molecule has 17 heteroatoms. The van der Waals surface area contributed by atoms with E-state index in [9.17, 15) is 19.5 Å². The van der Waals surface area contributed by atoms with E-state index in [-0.39, 0.29) is 35.8 Å². The number of fused-ring (bicyclic) bond motifs is 4. The number of ether oxygens (including phenoxy) is 6. The highest BCUT2D eigenvalue weighted by molar-refractivity contribution is 6.07. The van der Waals surface area contributed by atoms with Crippen LogP contribution in [0.15, 0.2) is 51.7 Å². The number of rotatable bonds is 33. The van der Waals surface area contributed by atoms with Crippen molar-refractivity contribution in [2.45, 2.75) is 38.5 Å². The molecule has 4 rings (SSSR count). The number of amides is 2. The summed E-state index contributed by atoms with van der Waals surface area (Å²) in [5.74, 6) is -0.283. The van der Waals surface area contributed by atoms with Crippen LogP contribution >= 0.6 is 0 Å². The van der Waals surface area contributed by atoms with Gasteiger partial charge in [-0.3, -0.25) is 14.4 Å². The normalized spacial score (nSPS) is 11.5. The molecule has 17 nitrogen and oxygen atoms in total. The number of hydrogen-bond donors (Lipinski definition) is 5. The van der Waals surface area contributed by atoms with Crippen LogP contribution in [0.5, 0.6) is 5.75 Å². The molecule has 0 radical (unpaired) electrons. The molecule has 0 saturated heterocycles. The molecule has 2 amide bonds. The van der Waals surface area contributed by atoms with E-state index in [1.807, 2.05) is 11.0 Å². The first-order valence-corrected chi connectivity index (χ1v) is 20.5. The SMILES string of the molecule is NCCCOCCOCCOCCCNC(=O)CCN(CCC(=O)NCCCOCCOCCOCCCN)c1ccc2nc3c(cc(O)c4ccc(=O)cc43)oc2c1. The second-order valence-electron chi connectivity index (χ2n) is 13.7. The molecule has 59 heavy (non-hydrogen) atoms. The molecular formula is C42H62N6O11. The monoisotopic (exact) mass is 826 g/mol. The number of carbonyl (C=O) groups is 2. The van der Waals surface area contributed by atoms with E-state index in [0.717, 1.165) is 18.5 Å². The largest absolute Gasteiger partial charge is 0.507 e. The first kappa shape index (κ1) is 47.2. The molecule has 1 aromatic heterocycles. The van der Waals surface area contributed by atoms with E-state index in [4.69, 9.17) is 49.3 Å². The maximum Gasteiger partial charge on any atom is 0.221 e. The van der Waals surface area contributed by atoms with Crippen molar-refractivity contribution in [3.63, 3.8) is 0 Å². The second-order valence-corrected chi connectivity index (χ2v) is 13.7. The fraction of sp³-hybridized carbons (Fsp3) is 0.571. The summed E-state index contributed by atoms with van der Waals surface area (Å²) in [5.41, 5.74) is 13.2. The average Bonchev–Trinajstić information content (AvgIpc) is 3.23. The Labute approximate surface area is 344 Å². The molecule has 326 valence electrons. The number of phenols is 1. The van der Waals surface area contributed by atoms with Gasteiger partial charge < -0.3 is 64.9 Å². The Morgan fingerprint density at radius 3 is 1.66 bits per heavy atom. The molecular weight excluding hydrogens is 764 g/mol. The first-order valence-electron chi connectivity index (χ1n) is 20.5.